The molecule has 4 rings (SSSR count). The Balaban J connectivity index is 0.00000169. The van der Waals surface area contributed by atoms with Crippen LogP contribution in [-0.4, -0.2) is 0 Å². The number of rotatable bonds is 0. The summed E-state index contributed by atoms with van der Waals surface area (Å²) >= 11 is 0. The van der Waals surface area contributed by atoms with Crippen LogP contribution in [0.15, 0.2) is 6.07 Å². The van der Waals surface area contributed by atoms with Crippen LogP contribution in [0.1, 0.15) is 82.1 Å². The van der Waals surface area contributed by atoms with E-state index in [2.05, 4.69) is 53.7 Å². The maximum atomic E-state index is 3.73. The van der Waals surface area contributed by atoms with E-state index in [9.17, 15) is 0 Å². The van der Waals surface area contributed by atoms with E-state index >= 15 is 0 Å². The van der Waals surface area contributed by atoms with Gasteiger partial charge in [0.15, 0.2) is 0 Å². The van der Waals surface area contributed by atoms with Crippen LogP contribution in [-0.2, 0) is 44.5 Å². The van der Waals surface area contributed by atoms with E-state index < -0.39 is 0 Å². The van der Waals surface area contributed by atoms with Crippen molar-refractivity contribution >= 4 is 0 Å². The standard InChI is InChI=1S/C23H33.Y/c1-15-8-9-18-17(16(15)2)14-20-22(18,5)13-10-19-21(3,4)11-7-12-23(19,20)6;/h8,19-20H,7,10-14H2,1-6H3;/q-1;/t19?,20-,22-,23-;/m0./s1. The van der Waals surface area contributed by atoms with Crippen LogP contribution in [0.4, 0.5) is 0 Å². The van der Waals surface area contributed by atoms with Gasteiger partial charge in [0.05, 0.1) is 0 Å². The van der Waals surface area contributed by atoms with Gasteiger partial charge in [-0.2, -0.15) is 28.8 Å². The number of hydrogen-bond acceptors (Lipinski definition) is 0. The average molecular weight is 398 g/mol. The summed E-state index contributed by atoms with van der Waals surface area (Å²) in [5.41, 5.74) is 7.62. The summed E-state index contributed by atoms with van der Waals surface area (Å²) in [5, 5.41) is 0. The number of hydrogen-bond donors (Lipinski definition) is 0. The molecule has 0 amide bonds. The van der Waals surface area contributed by atoms with Crippen LogP contribution in [0.25, 0.3) is 0 Å². The van der Waals surface area contributed by atoms with Crippen LogP contribution in [0.5, 0.6) is 0 Å². The van der Waals surface area contributed by atoms with Crippen LogP contribution in [0.3, 0.4) is 0 Å². The van der Waals surface area contributed by atoms with Gasteiger partial charge in [-0.1, -0.05) is 54.4 Å². The fourth-order valence-electron chi connectivity index (χ4n) is 7.18. The number of benzene rings is 1. The largest absolute Gasteiger partial charge is 0.179 e. The van der Waals surface area contributed by atoms with Gasteiger partial charge in [-0.3, -0.25) is 0 Å². The van der Waals surface area contributed by atoms with Crippen molar-refractivity contribution < 1.29 is 32.7 Å². The van der Waals surface area contributed by atoms with Crippen molar-refractivity contribution in [2.24, 2.45) is 22.7 Å². The van der Waals surface area contributed by atoms with Crippen LogP contribution in [0, 0.1) is 42.6 Å². The van der Waals surface area contributed by atoms with Gasteiger partial charge in [-0.05, 0) is 53.8 Å². The predicted molar refractivity (Wildman–Crippen MR) is 97.8 cm³/mol. The Morgan fingerprint density at radius 3 is 2.42 bits per heavy atom. The van der Waals surface area contributed by atoms with E-state index in [0.29, 0.717) is 16.2 Å². The van der Waals surface area contributed by atoms with Crippen molar-refractivity contribution in [1.29, 1.82) is 0 Å². The monoisotopic (exact) mass is 398 g/mol. The summed E-state index contributed by atoms with van der Waals surface area (Å²) < 4.78 is 0. The van der Waals surface area contributed by atoms with E-state index in [1.54, 1.807) is 16.7 Å². The second-order valence-electron chi connectivity index (χ2n) is 10.1. The molecule has 1 aromatic carbocycles. The zero-order chi connectivity index (χ0) is 16.6. The molecule has 1 radical (unpaired) electrons. The van der Waals surface area contributed by atoms with Gasteiger partial charge in [-0.15, -0.1) is 5.56 Å². The summed E-state index contributed by atoms with van der Waals surface area (Å²) in [7, 11) is 0. The van der Waals surface area contributed by atoms with Gasteiger partial charge in [-0.25, -0.2) is 0 Å². The molecular formula is C23H33Y-. The first kappa shape index (κ1) is 19.1. The molecule has 1 aromatic rings. The van der Waals surface area contributed by atoms with Crippen molar-refractivity contribution in [3.05, 3.63) is 34.4 Å². The Morgan fingerprint density at radius 2 is 1.71 bits per heavy atom. The molecule has 24 heavy (non-hydrogen) atoms. The Hall–Kier alpha value is 0.324. The zero-order valence-electron chi connectivity index (χ0n) is 16.6. The van der Waals surface area contributed by atoms with Gasteiger partial charge in [0.25, 0.3) is 0 Å². The summed E-state index contributed by atoms with van der Waals surface area (Å²) in [6, 6.07) is 5.98. The zero-order valence-corrected chi connectivity index (χ0v) is 19.4. The fraction of sp³-hybridized carbons (Fsp3) is 0.739. The fourth-order valence-corrected chi connectivity index (χ4v) is 7.18. The second-order valence-corrected chi connectivity index (χ2v) is 10.1. The topological polar surface area (TPSA) is 0 Å². The van der Waals surface area contributed by atoms with Crippen molar-refractivity contribution in [2.75, 3.05) is 0 Å². The molecule has 0 aromatic heterocycles. The van der Waals surface area contributed by atoms with Gasteiger partial charge < -0.3 is 0 Å². The molecule has 3 aliphatic carbocycles. The first-order valence-electron chi connectivity index (χ1n) is 9.71. The van der Waals surface area contributed by atoms with E-state index in [4.69, 9.17) is 0 Å². The molecule has 0 heterocycles. The molecule has 0 N–H and O–H groups in total. The van der Waals surface area contributed by atoms with Crippen LogP contribution < -0.4 is 0 Å². The molecule has 1 unspecified atom stereocenters. The van der Waals surface area contributed by atoms with Crippen LogP contribution >= 0.6 is 0 Å². The summed E-state index contributed by atoms with van der Waals surface area (Å²) in [6.07, 6.45) is 8.37. The molecule has 0 spiro atoms. The molecule has 1 heteroatoms. The molecule has 4 atom stereocenters. The Kier molecular flexibility index (Phi) is 4.71. The molecule has 3 aliphatic rings. The SMILES string of the molecule is Cc1c[c-]c2c(c1C)C[C@H]1[C@@]2(C)CCC2C(C)(C)CCC[C@@]21C.[Y]. The summed E-state index contributed by atoms with van der Waals surface area (Å²) in [5.74, 6) is 1.72. The van der Waals surface area contributed by atoms with E-state index in [1.165, 1.54) is 44.1 Å². The van der Waals surface area contributed by atoms with Gasteiger partial charge in [0.2, 0.25) is 0 Å². The van der Waals surface area contributed by atoms with Gasteiger partial charge in [0.1, 0.15) is 0 Å². The minimum atomic E-state index is 0. The average Bonchev–Trinajstić information content (AvgIpc) is 2.77. The number of fused-ring (bicyclic) bond motifs is 5. The molecule has 129 valence electrons. The number of aryl methyl sites for hydroxylation is 1. The minimum absolute atomic E-state index is 0. The van der Waals surface area contributed by atoms with Crippen molar-refractivity contribution in [2.45, 2.75) is 85.5 Å². The molecule has 0 saturated heterocycles. The molecule has 2 fully saturated rings. The van der Waals surface area contributed by atoms with E-state index in [0.717, 1.165) is 11.8 Å². The summed E-state index contributed by atoms with van der Waals surface area (Å²) in [4.78, 5) is 0. The summed E-state index contributed by atoms with van der Waals surface area (Å²) in [6.45, 7) is 14.9. The Morgan fingerprint density at radius 1 is 1.00 bits per heavy atom. The Bertz CT molecular complexity index is 658. The quantitative estimate of drug-likeness (QED) is 0.459. The normalized spacial score (nSPS) is 39.4. The third-order valence-corrected chi connectivity index (χ3v) is 8.55. The maximum Gasteiger partial charge on any atom is 0 e. The van der Waals surface area contributed by atoms with Crippen molar-refractivity contribution in [1.82, 2.24) is 0 Å². The van der Waals surface area contributed by atoms with E-state index in [-0.39, 0.29) is 32.7 Å². The minimum Gasteiger partial charge on any atom is -0.179 e. The van der Waals surface area contributed by atoms with E-state index in [1.807, 2.05) is 0 Å². The maximum absolute atomic E-state index is 3.73. The third kappa shape index (κ3) is 2.38. The van der Waals surface area contributed by atoms with Crippen LogP contribution in [0.2, 0.25) is 0 Å². The molecule has 0 aliphatic heterocycles. The smallest absolute Gasteiger partial charge is 0 e. The molecular weight excluding hydrogens is 365 g/mol. The Labute approximate surface area is 174 Å². The van der Waals surface area contributed by atoms with Gasteiger partial charge >= 0.3 is 0 Å². The first-order valence-corrected chi connectivity index (χ1v) is 9.71. The molecule has 0 nitrogen and oxygen atoms in total. The second kappa shape index (κ2) is 5.92. The third-order valence-electron chi connectivity index (χ3n) is 8.55. The first-order chi connectivity index (χ1) is 10.7. The predicted octanol–water partition coefficient (Wildman–Crippen LogP) is 6.16. The molecule has 0 bridgehead atoms. The van der Waals surface area contributed by atoms with Gasteiger partial charge in [0, 0.05) is 32.7 Å². The molecule has 2 saturated carbocycles. The van der Waals surface area contributed by atoms with Crippen molar-refractivity contribution in [3.63, 3.8) is 0 Å². The van der Waals surface area contributed by atoms with Crippen molar-refractivity contribution in [3.8, 4) is 0 Å².